The zero-order valence-corrected chi connectivity index (χ0v) is 15.4. The second-order valence-electron chi connectivity index (χ2n) is 6.67. The number of piperazine rings is 1. The van der Waals surface area contributed by atoms with E-state index in [0.29, 0.717) is 12.3 Å². The van der Waals surface area contributed by atoms with Crippen LogP contribution in [0.3, 0.4) is 0 Å². The molecule has 0 atom stereocenters. The number of nitrogens with zero attached hydrogens (tertiary/aromatic N) is 2. The number of benzene rings is 1. The zero-order valence-electron chi connectivity index (χ0n) is 14.6. The number of carbonyl (C=O) groups is 1. The topological polar surface area (TPSA) is 23.6 Å². The SMILES string of the molecule is Cc1ccc(C)c(CN2CCN(C(=O)CCc3cccs3)CC2)c1. The molecular formula is C20H26N2OS. The first-order valence-electron chi connectivity index (χ1n) is 8.70. The minimum absolute atomic E-state index is 0.301. The van der Waals surface area contributed by atoms with Gasteiger partial charge in [-0.1, -0.05) is 29.8 Å². The molecule has 1 saturated heterocycles. The molecule has 0 radical (unpaired) electrons. The first kappa shape index (κ1) is 17.2. The first-order valence-corrected chi connectivity index (χ1v) is 9.58. The molecule has 4 heteroatoms. The molecule has 24 heavy (non-hydrogen) atoms. The normalized spacial score (nSPS) is 15.7. The molecule has 1 fully saturated rings. The molecule has 2 heterocycles. The predicted molar refractivity (Wildman–Crippen MR) is 100 cm³/mol. The second-order valence-corrected chi connectivity index (χ2v) is 7.70. The average Bonchev–Trinajstić information content (AvgIpc) is 3.10. The van der Waals surface area contributed by atoms with Gasteiger partial charge in [-0.2, -0.15) is 0 Å². The summed E-state index contributed by atoms with van der Waals surface area (Å²) < 4.78 is 0. The Morgan fingerprint density at radius 1 is 1.12 bits per heavy atom. The van der Waals surface area contributed by atoms with E-state index < -0.39 is 0 Å². The van der Waals surface area contributed by atoms with E-state index in [2.05, 4.69) is 54.5 Å². The minimum atomic E-state index is 0.301. The summed E-state index contributed by atoms with van der Waals surface area (Å²) in [7, 11) is 0. The third-order valence-corrected chi connectivity index (χ3v) is 5.73. The van der Waals surface area contributed by atoms with E-state index in [-0.39, 0.29) is 0 Å². The van der Waals surface area contributed by atoms with Crippen molar-refractivity contribution in [2.24, 2.45) is 0 Å². The van der Waals surface area contributed by atoms with Gasteiger partial charge in [0.2, 0.25) is 5.91 Å². The molecule has 1 amide bonds. The van der Waals surface area contributed by atoms with Crippen LogP contribution < -0.4 is 0 Å². The molecule has 3 nitrogen and oxygen atoms in total. The summed E-state index contributed by atoms with van der Waals surface area (Å²) in [6.07, 6.45) is 1.51. The van der Waals surface area contributed by atoms with Crippen molar-refractivity contribution in [2.75, 3.05) is 26.2 Å². The summed E-state index contributed by atoms with van der Waals surface area (Å²) in [4.78, 5) is 18.2. The van der Waals surface area contributed by atoms with E-state index in [9.17, 15) is 4.79 Å². The van der Waals surface area contributed by atoms with Crippen LogP contribution in [0.4, 0.5) is 0 Å². The minimum Gasteiger partial charge on any atom is -0.340 e. The highest BCUT2D eigenvalue weighted by Crippen LogP contribution is 2.16. The van der Waals surface area contributed by atoms with Crippen LogP contribution in [0.5, 0.6) is 0 Å². The van der Waals surface area contributed by atoms with Gasteiger partial charge in [-0.3, -0.25) is 9.69 Å². The zero-order chi connectivity index (χ0) is 16.9. The van der Waals surface area contributed by atoms with Gasteiger partial charge in [-0.05, 0) is 42.8 Å². The molecule has 128 valence electrons. The Labute approximate surface area is 148 Å². The van der Waals surface area contributed by atoms with Crippen LogP contribution in [0, 0.1) is 13.8 Å². The Balaban J connectivity index is 1.46. The standard InChI is InChI=1S/C20H26N2OS/c1-16-5-6-17(2)18(14-16)15-21-9-11-22(12-10-21)20(23)8-7-19-4-3-13-24-19/h3-6,13-14H,7-12,15H2,1-2H3. The van der Waals surface area contributed by atoms with Gasteiger partial charge in [0.1, 0.15) is 0 Å². The van der Waals surface area contributed by atoms with Gasteiger partial charge in [0.05, 0.1) is 0 Å². The summed E-state index contributed by atoms with van der Waals surface area (Å²) in [6.45, 7) is 8.97. The molecule has 0 bridgehead atoms. The third kappa shape index (κ3) is 4.46. The third-order valence-electron chi connectivity index (χ3n) is 4.79. The number of hydrogen-bond donors (Lipinski definition) is 0. The number of hydrogen-bond acceptors (Lipinski definition) is 3. The van der Waals surface area contributed by atoms with Crippen molar-refractivity contribution >= 4 is 17.2 Å². The van der Waals surface area contributed by atoms with Gasteiger partial charge < -0.3 is 4.90 Å². The number of amides is 1. The Bertz CT molecular complexity index is 673. The van der Waals surface area contributed by atoms with E-state index in [4.69, 9.17) is 0 Å². The van der Waals surface area contributed by atoms with Crippen LogP contribution in [0.2, 0.25) is 0 Å². The maximum Gasteiger partial charge on any atom is 0.223 e. The molecule has 1 aromatic carbocycles. The molecule has 0 unspecified atom stereocenters. The van der Waals surface area contributed by atoms with Crippen molar-refractivity contribution in [3.63, 3.8) is 0 Å². The van der Waals surface area contributed by atoms with Crippen molar-refractivity contribution in [1.29, 1.82) is 0 Å². The summed E-state index contributed by atoms with van der Waals surface area (Å²) in [5.74, 6) is 0.301. The monoisotopic (exact) mass is 342 g/mol. The predicted octanol–water partition coefficient (Wildman–Crippen LogP) is 3.64. The van der Waals surface area contributed by atoms with E-state index >= 15 is 0 Å². The van der Waals surface area contributed by atoms with Gasteiger partial charge in [0, 0.05) is 44.0 Å². The highest BCUT2D eigenvalue weighted by atomic mass is 32.1. The van der Waals surface area contributed by atoms with Crippen molar-refractivity contribution in [2.45, 2.75) is 33.2 Å². The fourth-order valence-corrected chi connectivity index (χ4v) is 3.92. The molecule has 2 aromatic rings. The van der Waals surface area contributed by atoms with Crippen LogP contribution in [-0.4, -0.2) is 41.9 Å². The Morgan fingerprint density at radius 3 is 2.62 bits per heavy atom. The van der Waals surface area contributed by atoms with Crippen LogP contribution in [0.1, 0.15) is 28.0 Å². The van der Waals surface area contributed by atoms with Crippen LogP contribution in [0.15, 0.2) is 35.7 Å². The van der Waals surface area contributed by atoms with Crippen LogP contribution in [0.25, 0.3) is 0 Å². The van der Waals surface area contributed by atoms with Gasteiger partial charge in [0.15, 0.2) is 0 Å². The highest BCUT2D eigenvalue weighted by Gasteiger charge is 2.21. The van der Waals surface area contributed by atoms with E-state index in [0.717, 1.165) is 39.1 Å². The second kappa shape index (κ2) is 7.95. The lowest BCUT2D eigenvalue weighted by Crippen LogP contribution is -2.48. The average molecular weight is 343 g/mol. The maximum absolute atomic E-state index is 12.4. The van der Waals surface area contributed by atoms with Crippen molar-refractivity contribution in [3.8, 4) is 0 Å². The lowest BCUT2D eigenvalue weighted by Gasteiger charge is -2.35. The summed E-state index contributed by atoms with van der Waals surface area (Å²) in [6, 6.07) is 10.8. The number of rotatable bonds is 5. The molecule has 3 rings (SSSR count). The number of thiophene rings is 1. The Morgan fingerprint density at radius 2 is 1.92 bits per heavy atom. The maximum atomic E-state index is 12.4. The van der Waals surface area contributed by atoms with Gasteiger partial charge in [0.25, 0.3) is 0 Å². The van der Waals surface area contributed by atoms with Gasteiger partial charge >= 0.3 is 0 Å². The molecule has 1 aromatic heterocycles. The van der Waals surface area contributed by atoms with Gasteiger partial charge in [-0.25, -0.2) is 0 Å². The summed E-state index contributed by atoms with van der Waals surface area (Å²) in [5, 5.41) is 2.08. The Kier molecular flexibility index (Phi) is 5.69. The van der Waals surface area contributed by atoms with Crippen LogP contribution >= 0.6 is 11.3 Å². The fraction of sp³-hybridized carbons (Fsp3) is 0.450. The Hall–Kier alpha value is -1.65. The van der Waals surface area contributed by atoms with Crippen LogP contribution in [-0.2, 0) is 17.8 Å². The van der Waals surface area contributed by atoms with E-state index in [1.165, 1.54) is 21.6 Å². The number of carbonyl (C=O) groups excluding carboxylic acids is 1. The van der Waals surface area contributed by atoms with Gasteiger partial charge in [-0.15, -0.1) is 11.3 Å². The summed E-state index contributed by atoms with van der Waals surface area (Å²) >= 11 is 1.74. The largest absolute Gasteiger partial charge is 0.340 e. The molecule has 1 aliphatic heterocycles. The summed E-state index contributed by atoms with van der Waals surface area (Å²) in [5.41, 5.74) is 4.08. The van der Waals surface area contributed by atoms with E-state index in [1.807, 2.05) is 4.90 Å². The van der Waals surface area contributed by atoms with Crippen molar-refractivity contribution in [3.05, 3.63) is 57.3 Å². The van der Waals surface area contributed by atoms with E-state index in [1.54, 1.807) is 11.3 Å². The highest BCUT2D eigenvalue weighted by molar-refractivity contribution is 7.09. The molecule has 1 aliphatic rings. The number of aryl methyl sites for hydroxylation is 3. The molecular weight excluding hydrogens is 316 g/mol. The first-order chi connectivity index (χ1) is 11.6. The van der Waals surface area contributed by atoms with Crippen molar-refractivity contribution < 1.29 is 4.79 Å². The lowest BCUT2D eigenvalue weighted by molar-refractivity contribution is -0.132. The molecule has 0 aliphatic carbocycles. The fourth-order valence-electron chi connectivity index (χ4n) is 3.21. The smallest absolute Gasteiger partial charge is 0.223 e. The molecule has 0 N–H and O–H groups in total. The molecule has 0 spiro atoms. The molecule has 0 saturated carbocycles. The lowest BCUT2D eigenvalue weighted by atomic mass is 10.0. The quantitative estimate of drug-likeness (QED) is 0.828. The van der Waals surface area contributed by atoms with Crippen molar-refractivity contribution in [1.82, 2.24) is 9.80 Å².